The fourth-order valence-electron chi connectivity index (χ4n) is 1.79. The van der Waals surface area contributed by atoms with E-state index < -0.39 is 0 Å². The van der Waals surface area contributed by atoms with E-state index in [1.54, 1.807) is 19.4 Å². The number of halogens is 2. The van der Waals surface area contributed by atoms with E-state index in [-0.39, 0.29) is 0 Å². The van der Waals surface area contributed by atoms with Gasteiger partial charge in [-0.25, -0.2) is 4.98 Å². The predicted octanol–water partition coefficient (Wildman–Crippen LogP) is 2.98. The number of pyridine rings is 2. The van der Waals surface area contributed by atoms with Crippen LogP contribution in [0.5, 0.6) is 0 Å². The molecule has 0 aromatic carbocycles. The van der Waals surface area contributed by atoms with E-state index in [2.05, 4.69) is 12.8 Å². The molecule has 0 aliphatic heterocycles. The van der Waals surface area contributed by atoms with Gasteiger partial charge >= 0.3 is 0 Å². The minimum absolute atomic E-state index is 0.501. The van der Waals surface area contributed by atoms with Crippen LogP contribution >= 0.6 is 34.5 Å². The topological polar surface area (TPSA) is 39.4 Å². The first kappa shape index (κ1) is 14.5. The van der Waals surface area contributed by atoms with Crippen LogP contribution < -0.4 is 5.49 Å². The van der Waals surface area contributed by atoms with Crippen LogP contribution in [0.15, 0.2) is 39.9 Å². The molecule has 2 heterocycles. The van der Waals surface area contributed by atoms with Crippen molar-refractivity contribution in [1.82, 2.24) is 9.55 Å². The molecule has 0 bridgehead atoms. The largest absolute Gasteiger partial charge is 0.380 e. The number of methoxy groups -OCH3 is 1. The van der Waals surface area contributed by atoms with Crippen molar-refractivity contribution in [3.8, 4) is 0 Å². The quantitative estimate of drug-likeness (QED) is 0.596. The van der Waals surface area contributed by atoms with Gasteiger partial charge in [0.2, 0.25) is 0 Å². The summed E-state index contributed by atoms with van der Waals surface area (Å²) in [7, 11) is 1.68. The van der Waals surface area contributed by atoms with Crippen LogP contribution in [0.1, 0.15) is 11.1 Å². The number of aromatic nitrogens is 2. The Balaban J connectivity index is 2.35. The van der Waals surface area contributed by atoms with Gasteiger partial charge in [-0.05, 0) is 17.7 Å². The molecule has 0 N–H and O–H groups in total. The standard InChI is InChI=1S/C13H13ClIN3O/c1-19-9-11-3-2-6-18(13(11)17-15)8-10-4-5-12(14)16-7-10/h2-7H,8-9H2,1H3/b17-13+. The second kappa shape index (κ2) is 7.02. The van der Waals surface area contributed by atoms with E-state index in [0.29, 0.717) is 18.3 Å². The van der Waals surface area contributed by atoms with Crippen molar-refractivity contribution in [2.75, 3.05) is 7.11 Å². The first-order valence-electron chi connectivity index (χ1n) is 5.67. The summed E-state index contributed by atoms with van der Waals surface area (Å²) in [5.41, 5.74) is 3.03. The van der Waals surface area contributed by atoms with Crippen molar-refractivity contribution < 1.29 is 4.74 Å². The molecule has 0 radical (unpaired) electrons. The van der Waals surface area contributed by atoms with Crippen molar-refractivity contribution in [2.45, 2.75) is 13.2 Å². The highest BCUT2D eigenvalue weighted by molar-refractivity contribution is 14.1. The normalized spacial score (nSPS) is 11.8. The van der Waals surface area contributed by atoms with Crippen molar-refractivity contribution in [3.63, 3.8) is 0 Å². The van der Waals surface area contributed by atoms with Gasteiger partial charge in [0.05, 0.1) is 36.0 Å². The van der Waals surface area contributed by atoms with Crippen molar-refractivity contribution in [3.05, 3.63) is 58.4 Å². The third-order valence-electron chi connectivity index (χ3n) is 2.64. The number of ether oxygens (including phenoxy) is 1. The molecule has 6 heteroatoms. The monoisotopic (exact) mass is 389 g/mol. The van der Waals surface area contributed by atoms with Crippen LogP contribution in [-0.4, -0.2) is 16.7 Å². The lowest BCUT2D eigenvalue weighted by Crippen LogP contribution is -2.24. The van der Waals surface area contributed by atoms with Gasteiger partial charge < -0.3 is 9.30 Å². The SMILES string of the molecule is COCc1cccn(Cc2ccc(Cl)nc2)/c1=N/I. The maximum Gasteiger partial charge on any atom is 0.144 e. The van der Waals surface area contributed by atoms with E-state index >= 15 is 0 Å². The second-order valence-electron chi connectivity index (χ2n) is 3.99. The Kier molecular flexibility index (Phi) is 5.35. The van der Waals surface area contributed by atoms with Gasteiger partial charge in [0.1, 0.15) is 10.6 Å². The van der Waals surface area contributed by atoms with Gasteiger partial charge in [0, 0.05) is 25.1 Å². The Morgan fingerprint density at radius 3 is 2.89 bits per heavy atom. The molecule has 0 fully saturated rings. The Morgan fingerprint density at radius 1 is 1.42 bits per heavy atom. The van der Waals surface area contributed by atoms with Crippen LogP contribution in [0.3, 0.4) is 0 Å². The molecule has 19 heavy (non-hydrogen) atoms. The molecule has 0 aliphatic rings. The van der Waals surface area contributed by atoms with E-state index in [4.69, 9.17) is 16.3 Å². The molecule has 0 amide bonds. The molecule has 100 valence electrons. The maximum absolute atomic E-state index is 5.79. The Hall–Kier alpha value is -0.920. The van der Waals surface area contributed by atoms with E-state index in [9.17, 15) is 0 Å². The summed E-state index contributed by atoms with van der Waals surface area (Å²) in [6, 6.07) is 7.75. The summed E-state index contributed by atoms with van der Waals surface area (Å²) in [5, 5.41) is 0.501. The summed E-state index contributed by atoms with van der Waals surface area (Å²) < 4.78 is 11.6. The van der Waals surface area contributed by atoms with Crippen molar-refractivity contribution >= 4 is 34.5 Å². The van der Waals surface area contributed by atoms with E-state index in [1.165, 1.54) is 0 Å². The molecule has 0 unspecified atom stereocenters. The second-order valence-corrected chi connectivity index (χ2v) is 4.86. The molecular weight excluding hydrogens is 377 g/mol. The lowest BCUT2D eigenvalue weighted by atomic mass is 10.2. The molecule has 0 spiro atoms. The minimum atomic E-state index is 0.501. The molecule has 0 aliphatic carbocycles. The maximum atomic E-state index is 5.79. The zero-order valence-corrected chi connectivity index (χ0v) is 13.3. The Labute approximate surface area is 130 Å². The number of hydrogen-bond donors (Lipinski definition) is 0. The summed E-state index contributed by atoms with van der Waals surface area (Å²) in [6.45, 7) is 1.24. The molecule has 0 atom stereocenters. The molecule has 0 saturated carbocycles. The zero-order valence-electron chi connectivity index (χ0n) is 10.4. The van der Waals surface area contributed by atoms with Crippen molar-refractivity contribution in [1.29, 1.82) is 0 Å². The molecule has 2 aromatic rings. The van der Waals surface area contributed by atoms with Crippen LogP contribution in [-0.2, 0) is 17.9 Å². The van der Waals surface area contributed by atoms with E-state index in [0.717, 1.165) is 16.6 Å². The lowest BCUT2D eigenvalue weighted by molar-refractivity contribution is 0.183. The van der Waals surface area contributed by atoms with Crippen LogP contribution in [0.2, 0.25) is 5.15 Å². The minimum Gasteiger partial charge on any atom is -0.380 e. The summed E-state index contributed by atoms with van der Waals surface area (Å²) in [6.07, 6.45) is 3.76. The van der Waals surface area contributed by atoms with Gasteiger partial charge in [-0.3, -0.25) is 0 Å². The molecule has 2 aromatic heterocycles. The Morgan fingerprint density at radius 2 is 2.26 bits per heavy atom. The predicted molar refractivity (Wildman–Crippen MR) is 83.1 cm³/mol. The van der Waals surface area contributed by atoms with Crippen LogP contribution in [0, 0.1) is 0 Å². The van der Waals surface area contributed by atoms with Gasteiger partial charge in [-0.15, -0.1) is 0 Å². The average molecular weight is 390 g/mol. The average Bonchev–Trinajstić information content (AvgIpc) is 2.42. The van der Waals surface area contributed by atoms with Gasteiger partial charge in [-0.1, -0.05) is 23.7 Å². The highest BCUT2D eigenvalue weighted by Crippen LogP contribution is 2.06. The number of rotatable bonds is 4. The third-order valence-corrected chi connectivity index (χ3v) is 3.32. The fraction of sp³-hybridized carbons (Fsp3) is 0.231. The van der Waals surface area contributed by atoms with Crippen LogP contribution in [0.4, 0.5) is 0 Å². The summed E-state index contributed by atoms with van der Waals surface area (Å²) >= 11 is 7.79. The fourth-order valence-corrected chi connectivity index (χ4v) is 2.49. The third kappa shape index (κ3) is 3.77. The Bertz CT molecular complexity index is 610. The first-order valence-corrected chi connectivity index (χ1v) is 7.01. The number of nitrogens with zero attached hydrogens (tertiary/aromatic N) is 3. The highest BCUT2D eigenvalue weighted by atomic mass is 127. The molecular formula is C13H13ClIN3O. The smallest absolute Gasteiger partial charge is 0.144 e. The zero-order chi connectivity index (χ0) is 13.7. The summed E-state index contributed by atoms with van der Waals surface area (Å²) in [4.78, 5) is 4.08. The van der Waals surface area contributed by atoms with Gasteiger partial charge in [0.25, 0.3) is 0 Å². The summed E-state index contributed by atoms with van der Waals surface area (Å²) in [5.74, 6) is 0. The number of hydrogen-bond acceptors (Lipinski definition) is 3. The molecule has 2 rings (SSSR count). The first-order chi connectivity index (χ1) is 9.24. The molecule has 4 nitrogen and oxygen atoms in total. The van der Waals surface area contributed by atoms with E-state index in [1.807, 2.05) is 47.3 Å². The van der Waals surface area contributed by atoms with Gasteiger partial charge in [0.15, 0.2) is 0 Å². The highest BCUT2D eigenvalue weighted by Gasteiger charge is 2.02. The van der Waals surface area contributed by atoms with Crippen LogP contribution in [0.25, 0.3) is 0 Å². The molecule has 0 saturated heterocycles. The van der Waals surface area contributed by atoms with Crippen molar-refractivity contribution in [2.24, 2.45) is 3.21 Å². The van der Waals surface area contributed by atoms with Gasteiger partial charge in [-0.2, -0.15) is 3.21 Å². The lowest BCUT2D eigenvalue weighted by Gasteiger charge is -2.10.